The van der Waals surface area contributed by atoms with Crippen LogP contribution < -0.4 is 22.1 Å². The monoisotopic (exact) mass is 543 g/mol. The van der Waals surface area contributed by atoms with Crippen LogP contribution in [0.25, 0.3) is 16.9 Å². The predicted molar refractivity (Wildman–Crippen MR) is 138 cm³/mol. The zero-order chi connectivity index (χ0) is 28.1. The van der Waals surface area contributed by atoms with Gasteiger partial charge in [-0.3, -0.25) is 14.2 Å². The molecule has 1 atom stereocenters. The Hall–Kier alpha value is -5.53. The van der Waals surface area contributed by atoms with E-state index in [-0.39, 0.29) is 35.3 Å². The number of carbonyl (C=O) groups is 3. The van der Waals surface area contributed by atoms with Gasteiger partial charge in [-0.25, -0.2) is 29.0 Å². The molecule has 3 aromatic heterocycles. The van der Waals surface area contributed by atoms with Crippen LogP contribution in [-0.2, 0) is 20.0 Å². The molecule has 14 nitrogen and oxygen atoms in total. The number of carbonyl (C=O) groups excluding carboxylic acids is 2. The van der Waals surface area contributed by atoms with E-state index in [2.05, 4.69) is 25.7 Å². The summed E-state index contributed by atoms with van der Waals surface area (Å²) < 4.78 is 7.57. The Morgan fingerprint density at radius 3 is 2.73 bits per heavy atom. The summed E-state index contributed by atoms with van der Waals surface area (Å²) in [6.07, 6.45) is 1.16. The van der Waals surface area contributed by atoms with Gasteiger partial charge in [0.1, 0.15) is 11.4 Å². The molecule has 1 aliphatic carbocycles. The lowest BCUT2D eigenvalue weighted by Crippen LogP contribution is -2.30. The second-order valence-corrected chi connectivity index (χ2v) is 9.39. The Labute approximate surface area is 223 Å². The Kier molecular flexibility index (Phi) is 5.79. The first kappa shape index (κ1) is 24.8. The van der Waals surface area contributed by atoms with Crippen LogP contribution in [0.15, 0.2) is 56.5 Å². The lowest BCUT2D eigenvalue weighted by Gasteiger charge is -2.15. The molecule has 0 fully saturated rings. The number of benzene rings is 2. The van der Waals surface area contributed by atoms with Crippen LogP contribution in [0.3, 0.4) is 0 Å². The largest absolute Gasteiger partial charge is 0.478 e. The maximum Gasteiger partial charge on any atom is 0.419 e. The van der Waals surface area contributed by atoms with E-state index in [1.54, 1.807) is 37.4 Å². The highest BCUT2D eigenvalue weighted by molar-refractivity contribution is 5.98. The molecule has 2 aromatic carbocycles. The summed E-state index contributed by atoms with van der Waals surface area (Å²) in [5.41, 5.74) is 2.54. The minimum atomic E-state index is -1.03. The summed E-state index contributed by atoms with van der Waals surface area (Å²) in [7, 11) is 1.57. The third-order valence-electron chi connectivity index (χ3n) is 6.89. The molecule has 0 saturated carbocycles. The summed E-state index contributed by atoms with van der Waals surface area (Å²) in [5.74, 6) is -2.88. The van der Waals surface area contributed by atoms with Gasteiger partial charge >= 0.3 is 17.4 Å². The summed E-state index contributed by atoms with van der Waals surface area (Å²) in [6, 6.07) is 10.7. The number of amides is 2. The molecule has 40 heavy (non-hydrogen) atoms. The molecule has 3 heterocycles. The van der Waals surface area contributed by atoms with Crippen LogP contribution in [0, 0.1) is 0 Å². The van der Waals surface area contributed by atoms with Gasteiger partial charge in [0.05, 0.1) is 17.1 Å². The second-order valence-electron chi connectivity index (χ2n) is 9.39. The number of oxazole rings is 1. The van der Waals surface area contributed by atoms with Gasteiger partial charge in [-0.05, 0) is 53.8 Å². The summed E-state index contributed by atoms with van der Waals surface area (Å²) in [5, 5.41) is 17.3. The number of carboxylic acid groups (broad SMARTS) is 1. The number of aromatic amines is 1. The van der Waals surface area contributed by atoms with E-state index in [0.29, 0.717) is 29.5 Å². The molecule has 5 aromatic rings. The number of rotatable bonds is 6. The first-order valence-electron chi connectivity index (χ1n) is 12.2. The van der Waals surface area contributed by atoms with Crippen molar-refractivity contribution >= 4 is 34.7 Å². The van der Waals surface area contributed by atoms with Crippen molar-refractivity contribution in [2.75, 3.05) is 0 Å². The van der Waals surface area contributed by atoms with E-state index in [1.807, 2.05) is 0 Å². The smallest absolute Gasteiger partial charge is 0.419 e. The van der Waals surface area contributed by atoms with E-state index in [9.17, 15) is 29.1 Å². The average molecular weight is 543 g/mol. The Balaban J connectivity index is 1.25. The molecular formula is C26H21N7O7. The molecule has 0 aliphatic heterocycles. The number of hydrogen-bond acceptors (Lipinski definition) is 8. The third kappa shape index (κ3) is 4.30. The quantitative estimate of drug-likeness (QED) is 0.241. The third-order valence-corrected chi connectivity index (χ3v) is 6.89. The second kappa shape index (κ2) is 9.34. The van der Waals surface area contributed by atoms with Gasteiger partial charge in [-0.1, -0.05) is 12.1 Å². The molecule has 0 spiro atoms. The predicted octanol–water partition coefficient (Wildman–Crippen LogP) is 0.908. The molecule has 4 N–H and O–H groups in total. The fraction of sp³-hybridized carbons (Fsp3) is 0.192. The van der Waals surface area contributed by atoms with Crippen molar-refractivity contribution in [2.45, 2.75) is 25.4 Å². The normalized spacial score (nSPS) is 14.4. The molecule has 2 amide bonds. The first-order chi connectivity index (χ1) is 19.2. The van der Waals surface area contributed by atoms with Gasteiger partial charge < -0.3 is 20.2 Å². The van der Waals surface area contributed by atoms with Gasteiger partial charge in [0.15, 0.2) is 5.58 Å². The lowest BCUT2D eigenvalue weighted by atomic mass is 10.0. The first-order valence-corrected chi connectivity index (χ1v) is 12.2. The number of nitrogens with one attached hydrogen (secondary N) is 3. The molecule has 0 radical (unpaired) electrons. The van der Waals surface area contributed by atoms with Crippen LogP contribution >= 0.6 is 0 Å². The number of nitrogens with zero attached hydrogens (tertiary/aromatic N) is 4. The SMILES string of the molecule is Cn1c(=O)oc2ccc(CNC(=O)c3cc(C(=O)N[C@H]4CCc5cc(C(=O)O)ccc54)nc4nc(=O)[nH]n34)cc21. The van der Waals surface area contributed by atoms with Crippen LogP contribution in [0.4, 0.5) is 0 Å². The summed E-state index contributed by atoms with van der Waals surface area (Å²) >= 11 is 0. The molecule has 14 heteroatoms. The highest BCUT2D eigenvalue weighted by Crippen LogP contribution is 2.32. The van der Waals surface area contributed by atoms with Gasteiger partial charge in [0.25, 0.3) is 17.6 Å². The molecular weight excluding hydrogens is 522 g/mol. The maximum absolute atomic E-state index is 13.2. The number of fused-ring (bicyclic) bond motifs is 3. The molecule has 0 unspecified atom stereocenters. The Morgan fingerprint density at radius 1 is 1.10 bits per heavy atom. The molecule has 0 saturated heterocycles. The fourth-order valence-corrected chi connectivity index (χ4v) is 4.86. The van der Waals surface area contributed by atoms with E-state index in [4.69, 9.17) is 4.42 Å². The highest BCUT2D eigenvalue weighted by Gasteiger charge is 2.27. The maximum atomic E-state index is 13.2. The van der Waals surface area contributed by atoms with Crippen molar-refractivity contribution in [3.8, 4) is 0 Å². The van der Waals surface area contributed by atoms with Crippen molar-refractivity contribution in [1.29, 1.82) is 0 Å². The van der Waals surface area contributed by atoms with E-state index in [1.165, 1.54) is 16.7 Å². The fourth-order valence-electron chi connectivity index (χ4n) is 4.86. The van der Waals surface area contributed by atoms with Crippen molar-refractivity contribution in [3.63, 3.8) is 0 Å². The molecule has 0 bridgehead atoms. The number of aromatic nitrogens is 5. The minimum Gasteiger partial charge on any atom is -0.478 e. The van der Waals surface area contributed by atoms with Gasteiger partial charge in [-0.15, -0.1) is 0 Å². The van der Waals surface area contributed by atoms with Crippen LogP contribution in [0.5, 0.6) is 0 Å². The van der Waals surface area contributed by atoms with Crippen LogP contribution in [0.1, 0.15) is 60.5 Å². The lowest BCUT2D eigenvalue weighted by molar-refractivity contribution is 0.0696. The zero-order valence-electron chi connectivity index (χ0n) is 20.9. The molecule has 6 rings (SSSR count). The molecule has 202 valence electrons. The van der Waals surface area contributed by atoms with Crippen molar-refractivity contribution in [1.82, 2.24) is 34.8 Å². The van der Waals surface area contributed by atoms with Gasteiger partial charge in [0.2, 0.25) is 0 Å². The van der Waals surface area contributed by atoms with E-state index >= 15 is 0 Å². The zero-order valence-corrected chi connectivity index (χ0v) is 20.9. The summed E-state index contributed by atoms with van der Waals surface area (Å²) in [4.78, 5) is 69.2. The van der Waals surface area contributed by atoms with Gasteiger partial charge in [-0.2, -0.15) is 4.98 Å². The minimum absolute atomic E-state index is 0.0699. The number of aromatic carboxylic acids is 1. The summed E-state index contributed by atoms with van der Waals surface area (Å²) in [6.45, 7) is 0.0790. The van der Waals surface area contributed by atoms with Crippen LogP contribution in [-0.4, -0.2) is 47.0 Å². The average Bonchev–Trinajstić information content (AvgIpc) is 3.60. The van der Waals surface area contributed by atoms with Crippen LogP contribution in [0.2, 0.25) is 0 Å². The Morgan fingerprint density at radius 2 is 1.93 bits per heavy atom. The topological polar surface area (TPSA) is 194 Å². The number of carboxylic acids is 1. The van der Waals surface area contributed by atoms with Gasteiger partial charge in [0, 0.05) is 19.7 Å². The number of hydrogen-bond donors (Lipinski definition) is 4. The van der Waals surface area contributed by atoms with E-state index in [0.717, 1.165) is 15.6 Å². The number of H-pyrrole nitrogens is 1. The Bertz CT molecular complexity index is 1980. The van der Waals surface area contributed by atoms with E-state index < -0.39 is 29.2 Å². The number of aryl methyl sites for hydroxylation is 2. The van der Waals surface area contributed by atoms with Crippen molar-refractivity contribution in [2.24, 2.45) is 7.05 Å². The van der Waals surface area contributed by atoms with Crippen molar-refractivity contribution < 1.29 is 23.9 Å². The molecule has 1 aliphatic rings. The van der Waals surface area contributed by atoms with Crippen molar-refractivity contribution in [3.05, 3.63) is 97.1 Å². The highest BCUT2D eigenvalue weighted by atomic mass is 16.4. The standard InChI is InChI=1S/C26H21N7O7/c1-32-18-8-12(2-7-20(18)40-26(32)39)11-27-22(35)19-10-17(29-24-30-25(38)31-33(19)24)21(34)28-16-6-4-13-9-14(23(36)37)3-5-15(13)16/h2-3,5,7-10,16H,4,6,11H2,1H3,(H,27,35)(H,28,34)(H,31,38)(H,36,37)/t16-/m0/s1.